The van der Waals surface area contributed by atoms with Gasteiger partial charge in [0, 0.05) is 42.6 Å². The molecule has 0 saturated carbocycles. The van der Waals surface area contributed by atoms with Crippen LogP contribution in [0.1, 0.15) is 12.0 Å². The summed E-state index contributed by atoms with van der Waals surface area (Å²) in [6.07, 6.45) is 3.23. The number of aromatic nitrogens is 1. The quantitative estimate of drug-likeness (QED) is 0.763. The number of rotatable bonds is 3. The summed E-state index contributed by atoms with van der Waals surface area (Å²) in [5.74, 6) is -0.184. The molecule has 5 nitrogen and oxygen atoms in total. The van der Waals surface area contributed by atoms with Gasteiger partial charge in [-0.1, -0.05) is 0 Å². The minimum absolute atomic E-state index is 0.0308. The van der Waals surface area contributed by atoms with E-state index in [-0.39, 0.29) is 18.9 Å². The highest BCUT2D eigenvalue weighted by molar-refractivity contribution is 8.14. The van der Waals surface area contributed by atoms with Crippen molar-refractivity contribution in [2.75, 3.05) is 6.54 Å². The van der Waals surface area contributed by atoms with Gasteiger partial charge in [-0.25, -0.2) is 8.42 Å². The van der Waals surface area contributed by atoms with Crippen LogP contribution in [0.4, 0.5) is 0 Å². The topological polar surface area (TPSA) is 67.3 Å². The molecule has 92 valence electrons. The second-order valence-corrected chi connectivity index (χ2v) is 6.84. The summed E-state index contributed by atoms with van der Waals surface area (Å²) < 4.78 is 22.3. The molecular formula is C10H11ClN2O3S. The predicted molar refractivity (Wildman–Crippen MR) is 62.8 cm³/mol. The van der Waals surface area contributed by atoms with Crippen LogP contribution in [0, 0.1) is 0 Å². The molecule has 2 heterocycles. The fourth-order valence-corrected chi connectivity index (χ4v) is 2.84. The van der Waals surface area contributed by atoms with E-state index < -0.39 is 14.3 Å². The first-order chi connectivity index (χ1) is 7.97. The van der Waals surface area contributed by atoms with Crippen molar-refractivity contribution in [3.05, 3.63) is 30.1 Å². The van der Waals surface area contributed by atoms with Crippen LogP contribution in [0.5, 0.6) is 0 Å². The van der Waals surface area contributed by atoms with Gasteiger partial charge in [-0.05, 0) is 17.7 Å². The second kappa shape index (κ2) is 4.62. The molecule has 2 rings (SSSR count). The Morgan fingerprint density at radius 3 is 2.59 bits per heavy atom. The van der Waals surface area contributed by atoms with Crippen LogP contribution in [0.15, 0.2) is 24.5 Å². The maximum Gasteiger partial charge on any atom is 0.237 e. The first kappa shape index (κ1) is 12.3. The molecule has 1 aliphatic heterocycles. The number of pyridine rings is 1. The SMILES string of the molecule is O=C1CC(S(=O)(=O)Cl)CN1Cc1ccncc1. The molecule has 1 atom stereocenters. The van der Waals surface area contributed by atoms with Crippen LogP contribution in [0.3, 0.4) is 0 Å². The Bertz CT molecular complexity index is 518. The molecule has 1 aromatic heterocycles. The van der Waals surface area contributed by atoms with Gasteiger partial charge in [-0.3, -0.25) is 9.78 Å². The van der Waals surface area contributed by atoms with E-state index in [2.05, 4.69) is 4.98 Å². The van der Waals surface area contributed by atoms with Gasteiger partial charge >= 0.3 is 0 Å². The van der Waals surface area contributed by atoms with Gasteiger partial charge in [-0.2, -0.15) is 0 Å². The van der Waals surface area contributed by atoms with E-state index in [4.69, 9.17) is 10.7 Å². The van der Waals surface area contributed by atoms with E-state index in [1.165, 1.54) is 4.90 Å². The Kier molecular flexibility index (Phi) is 3.35. The zero-order valence-corrected chi connectivity index (χ0v) is 10.5. The Morgan fingerprint density at radius 1 is 1.41 bits per heavy atom. The number of hydrogen-bond donors (Lipinski definition) is 0. The first-order valence-electron chi connectivity index (χ1n) is 5.07. The fourth-order valence-electron chi connectivity index (χ4n) is 1.79. The molecule has 1 amide bonds. The van der Waals surface area contributed by atoms with Gasteiger partial charge in [0.25, 0.3) is 0 Å². The molecule has 1 unspecified atom stereocenters. The van der Waals surface area contributed by atoms with Crippen LogP contribution in [0.25, 0.3) is 0 Å². The summed E-state index contributed by atoms with van der Waals surface area (Å²) in [7, 11) is 1.59. The van der Waals surface area contributed by atoms with Crippen molar-refractivity contribution in [1.29, 1.82) is 0 Å². The summed E-state index contributed by atoms with van der Waals surface area (Å²) in [4.78, 5) is 17.0. The first-order valence-corrected chi connectivity index (χ1v) is 7.44. The molecule has 0 spiro atoms. The third-order valence-corrected chi connectivity index (χ3v) is 4.57. The highest BCUT2D eigenvalue weighted by Crippen LogP contribution is 2.22. The molecule has 1 aliphatic rings. The number of likely N-dealkylation sites (tertiary alicyclic amines) is 1. The minimum Gasteiger partial charge on any atom is -0.337 e. The van der Waals surface area contributed by atoms with Gasteiger partial charge in [0.15, 0.2) is 0 Å². The molecule has 17 heavy (non-hydrogen) atoms. The Labute approximate surface area is 104 Å². The van der Waals surface area contributed by atoms with E-state index in [0.29, 0.717) is 6.54 Å². The standard InChI is InChI=1S/C10H11ClN2O3S/c11-17(15,16)9-5-10(14)13(7-9)6-8-1-3-12-4-2-8/h1-4,9H,5-7H2. The van der Waals surface area contributed by atoms with Gasteiger partial charge in [-0.15, -0.1) is 0 Å². The van der Waals surface area contributed by atoms with Gasteiger partial charge in [0.1, 0.15) is 5.25 Å². The van der Waals surface area contributed by atoms with Crippen LogP contribution in [-0.4, -0.2) is 36.0 Å². The van der Waals surface area contributed by atoms with Gasteiger partial charge in [0.05, 0.1) is 0 Å². The molecule has 0 aliphatic carbocycles. The molecule has 0 N–H and O–H groups in total. The number of carbonyl (C=O) groups is 1. The molecule has 0 radical (unpaired) electrons. The Balaban J connectivity index is 2.07. The number of nitrogens with zero attached hydrogens (tertiary/aromatic N) is 2. The van der Waals surface area contributed by atoms with Crippen LogP contribution in [0.2, 0.25) is 0 Å². The highest BCUT2D eigenvalue weighted by atomic mass is 35.7. The number of carbonyl (C=O) groups excluding carboxylic acids is 1. The van der Waals surface area contributed by atoms with E-state index in [0.717, 1.165) is 5.56 Å². The second-order valence-electron chi connectivity index (χ2n) is 3.93. The largest absolute Gasteiger partial charge is 0.337 e. The molecular weight excluding hydrogens is 264 g/mol. The zero-order chi connectivity index (χ0) is 12.5. The predicted octanol–water partition coefficient (Wildman–Crippen LogP) is 0.751. The third-order valence-electron chi connectivity index (χ3n) is 2.70. The van der Waals surface area contributed by atoms with E-state index >= 15 is 0 Å². The molecule has 0 bridgehead atoms. The average Bonchev–Trinajstić information content (AvgIpc) is 2.62. The van der Waals surface area contributed by atoms with Crippen molar-refractivity contribution < 1.29 is 13.2 Å². The molecule has 0 aromatic carbocycles. The number of hydrogen-bond acceptors (Lipinski definition) is 4. The van der Waals surface area contributed by atoms with Gasteiger partial charge < -0.3 is 4.90 Å². The van der Waals surface area contributed by atoms with E-state index in [1.807, 2.05) is 0 Å². The van der Waals surface area contributed by atoms with Crippen LogP contribution in [-0.2, 0) is 20.4 Å². The third kappa shape index (κ3) is 2.95. The average molecular weight is 275 g/mol. The lowest BCUT2D eigenvalue weighted by Gasteiger charge is -2.15. The summed E-state index contributed by atoms with van der Waals surface area (Å²) in [5, 5.41) is -0.793. The van der Waals surface area contributed by atoms with Crippen LogP contribution >= 0.6 is 10.7 Å². The van der Waals surface area contributed by atoms with Crippen molar-refractivity contribution in [3.63, 3.8) is 0 Å². The van der Waals surface area contributed by atoms with Crippen molar-refractivity contribution in [1.82, 2.24) is 9.88 Å². The summed E-state index contributed by atoms with van der Waals surface area (Å²) in [5.41, 5.74) is 0.918. The molecule has 1 aromatic rings. The normalized spacial score (nSPS) is 20.9. The monoisotopic (exact) mass is 274 g/mol. The lowest BCUT2D eigenvalue weighted by molar-refractivity contribution is -0.128. The number of amides is 1. The Hall–Kier alpha value is -1.14. The fraction of sp³-hybridized carbons (Fsp3) is 0.400. The minimum atomic E-state index is -3.66. The van der Waals surface area contributed by atoms with E-state index in [1.54, 1.807) is 24.5 Å². The maximum atomic E-state index is 11.6. The van der Waals surface area contributed by atoms with Gasteiger partial charge in [0.2, 0.25) is 15.0 Å². The zero-order valence-electron chi connectivity index (χ0n) is 8.91. The highest BCUT2D eigenvalue weighted by Gasteiger charge is 2.37. The van der Waals surface area contributed by atoms with Crippen molar-refractivity contribution in [3.8, 4) is 0 Å². The van der Waals surface area contributed by atoms with Crippen molar-refractivity contribution in [2.24, 2.45) is 0 Å². The van der Waals surface area contributed by atoms with Crippen molar-refractivity contribution >= 4 is 25.6 Å². The smallest absolute Gasteiger partial charge is 0.237 e. The maximum absolute atomic E-state index is 11.6. The van der Waals surface area contributed by atoms with Crippen LogP contribution < -0.4 is 0 Å². The van der Waals surface area contributed by atoms with Crippen molar-refractivity contribution in [2.45, 2.75) is 18.2 Å². The number of halogens is 1. The summed E-state index contributed by atoms with van der Waals surface area (Å²) >= 11 is 0. The lowest BCUT2D eigenvalue weighted by atomic mass is 10.2. The summed E-state index contributed by atoms with van der Waals surface area (Å²) in [6, 6.07) is 3.58. The Morgan fingerprint density at radius 2 is 2.06 bits per heavy atom. The molecule has 7 heteroatoms. The van der Waals surface area contributed by atoms with E-state index in [9.17, 15) is 13.2 Å². The summed E-state index contributed by atoms with van der Waals surface area (Å²) in [6.45, 7) is 0.553. The molecule has 1 saturated heterocycles. The lowest BCUT2D eigenvalue weighted by Crippen LogP contribution is -2.26. The molecule has 1 fully saturated rings.